The second kappa shape index (κ2) is 18.4. The van der Waals surface area contributed by atoms with Crippen LogP contribution in [0.15, 0.2) is 18.2 Å². The topological polar surface area (TPSA) is 65.0 Å². The largest absolute Gasteiger partial charge is 0.493 e. The molecule has 0 unspecified atom stereocenters. The lowest BCUT2D eigenvalue weighted by Gasteiger charge is -2.17. The predicted octanol–water partition coefficient (Wildman–Crippen LogP) is 7.66. The number of benzene rings is 1. The summed E-state index contributed by atoms with van der Waals surface area (Å²) in [6, 6.07) is 3.73. The predicted molar refractivity (Wildman–Crippen MR) is 132 cm³/mol. The summed E-state index contributed by atoms with van der Waals surface area (Å²) in [5, 5.41) is 9.15. The molecule has 1 aromatic rings. The van der Waals surface area contributed by atoms with E-state index in [9.17, 15) is 4.79 Å². The van der Waals surface area contributed by atoms with Gasteiger partial charge in [0.05, 0.1) is 25.4 Å². The highest BCUT2D eigenvalue weighted by atomic mass is 16.5. The van der Waals surface area contributed by atoms with Crippen LogP contribution in [0.2, 0.25) is 0 Å². The number of hydrogen-bond acceptors (Lipinski definition) is 4. The average molecular weight is 449 g/mol. The Bertz CT molecular complexity index is 618. The fourth-order valence-corrected chi connectivity index (χ4v) is 3.36. The van der Waals surface area contributed by atoms with Crippen LogP contribution in [-0.4, -0.2) is 30.9 Å². The smallest absolute Gasteiger partial charge is 0.328 e. The zero-order valence-corrected chi connectivity index (χ0v) is 20.5. The Balaban J connectivity index is 3.00. The molecule has 32 heavy (non-hydrogen) atoms. The first kappa shape index (κ1) is 27.9. The molecule has 0 bridgehead atoms. The van der Waals surface area contributed by atoms with Crippen LogP contribution in [0.3, 0.4) is 0 Å². The minimum atomic E-state index is -0.996. The molecule has 1 aromatic carbocycles. The minimum Gasteiger partial charge on any atom is -0.493 e. The number of ether oxygens (including phenoxy) is 3. The Labute approximate surface area is 195 Å². The molecule has 0 saturated heterocycles. The summed E-state index contributed by atoms with van der Waals surface area (Å²) in [6.45, 7) is 8.38. The van der Waals surface area contributed by atoms with E-state index in [0.29, 0.717) is 42.6 Å². The molecule has 0 aliphatic heterocycles. The lowest BCUT2D eigenvalue weighted by atomic mass is 10.1. The van der Waals surface area contributed by atoms with E-state index in [4.69, 9.17) is 19.3 Å². The van der Waals surface area contributed by atoms with E-state index in [1.54, 1.807) is 6.08 Å². The summed E-state index contributed by atoms with van der Waals surface area (Å²) < 4.78 is 18.2. The molecule has 0 aliphatic rings. The molecule has 0 aromatic heterocycles. The number of carboxylic acid groups (broad SMARTS) is 1. The van der Waals surface area contributed by atoms with Crippen LogP contribution in [0.1, 0.15) is 103 Å². The Morgan fingerprint density at radius 3 is 1.56 bits per heavy atom. The molecule has 182 valence electrons. The fourth-order valence-electron chi connectivity index (χ4n) is 3.36. The van der Waals surface area contributed by atoms with E-state index >= 15 is 0 Å². The van der Waals surface area contributed by atoms with Gasteiger partial charge in [0.25, 0.3) is 0 Å². The lowest BCUT2D eigenvalue weighted by molar-refractivity contribution is -0.131. The Morgan fingerprint density at radius 1 is 0.719 bits per heavy atom. The third kappa shape index (κ3) is 12.6. The molecule has 0 amide bonds. The van der Waals surface area contributed by atoms with Gasteiger partial charge in [-0.25, -0.2) is 4.79 Å². The maximum absolute atomic E-state index is 11.2. The van der Waals surface area contributed by atoms with Gasteiger partial charge >= 0.3 is 5.97 Å². The van der Waals surface area contributed by atoms with Crippen molar-refractivity contribution >= 4 is 12.0 Å². The van der Waals surface area contributed by atoms with Gasteiger partial charge in [0.1, 0.15) is 17.2 Å². The van der Waals surface area contributed by atoms with Gasteiger partial charge in [0.2, 0.25) is 0 Å². The van der Waals surface area contributed by atoms with E-state index in [1.165, 1.54) is 38.5 Å². The SMILES string of the molecule is CCCCCCOc1cc(OCCCCCC)c(C=CC(=O)O)c(OCCCCCC)c1. The first-order valence-electron chi connectivity index (χ1n) is 12.6. The Morgan fingerprint density at radius 2 is 1.16 bits per heavy atom. The van der Waals surface area contributed by atoms with Gasteiger partial charge in [-0.3, -0.25) is 0 Å². The van der Waals surface area contributed by atoms with Crippen LogP contribution in [-0.2, 0) is 4.79 Å². The number of aliphatic carboxylic acids is 1. The van der Waals surface area contributed by atoms with Gasteiger partial charge in [-0.1, -0.05) is 78.6 Å². The van der Waals surface area contributed by atoms with E-state index < -0.39 is 5.97 Å². The van der Waals surface area contributed by atoms with E-state index in [0.717, 1.165) is 44.6 Å². The molecule has 0 heterocycles. The van der Waals surface area contributed by atoms with Crippen molar-refractivity contribution in [1.29, 1.82) is 0 Å². The first-order valence-corrected chi connectivity index (χ1v) is 12.6. The van der Waals surface area contributed by atoms with Crippen LogP contribution < -0.4 is 14.2 Å². The van der Waals surface area contributed by atoms with Gasteiger partial charge in [0.15, 0.2) is 0 Å². The quantitative estimate of drug-likeness (QED) is 0.164. The maximum atomic E-state index is 11.2. The summed E-state index contributed by atoms with van der Waals surface area (Å²) in [5.41, 5.74) is 0.664. The minimum absolute atomic E-state index is 0.587. The first-order chi connectivity index (χ1) is 15.6. The van der Waals surface area contributed by atoms with Crippen molar-refractivity contribution in [3.8, 4) is 17.2 Å². The van der Waals surface area contributed by atoms with Crippen LogP contribution in [0.25, 0.3) is 6.08 Å². The Hall–Kier alpha value is -2.17. The second-order valence-electron chi connectivity index (χ2n) is 8.23. The molecule has 0 atom stereocenters. The number of carbonyl (C=O) groups is 1. The molecule has 5 nitrogen and oxygen atoms in total. The monoisotopic (exact) mass is 448 g/mol. The van der Waals surface area contributed by atoms with E-state index in [2.05, 4.69) is 20.8 Å². The molecule has 0 fully saturated rings. The van der Waals surface area contributed by atoms with Crippen molar-refractivity contribution in [2.75, 3.05) is 19.8 Å². The molecule has 1 N–H and O–H groups in total. The van der Waals surface area contributed by atoms with Crippen molar-refractivity contribution in [2.45, 2.75) is 97.8 Å². The van der Waals surface area contributed by atoms with Crippen LogP contribution in [0.5, 0.6) is 17.2 Å². The van der Waals surface area contributed by atoms with Gasteiger partial charge in [-0.15, -0.1) is 0 Å². The molecular weight excluding hydrogens is 404 g/mol. The average Bonchev–Trinajstić information content (AvgIpc) is 2.77. The van der Waals surface area contributed by atoms with Crippen molar-refractivity contribution in [3.63, 3.8) is 0 Å². The highest BCUT2D eigenvalue weighted by Crippen LogP contribution is 2.36. The van der Waals surface area contributed by atoms with Gasteiger partial charge in [-0.2, -0.15) is 0 Å². The van der Waals surface area contributed by atoms with Crippen LogP contribution >= 0.6 is 0 Å². The third-order valence-electron chi connectivity index (χ3n) is 5.25. The second-order valence-corrected chi connectivity index (χ2v) is 8.23. The molecule has 0 aliphatic carbocycles. The molecule has 1 rings (SSSR count). The fraction of sp³-hybridized carbons (Fsp3) is 0.667. The van der Waals surface area contributed by atoms with Crippen molar-refractivity contribution in [3.05, 3.63) is 23.8 Å². The lowest BCUT2D eigenvalue weighted by Crippen LogP contribution is -2.05. The van der Waals surface area contributed by atoms with Crippen LogP contribution in [0.4, 0.5) is 0 Å². The Kier molecular flexibility index (Phi) is 16.0. The number of hydrogen-bond donors (Lipinski definition) is 1. The molecule has 5 heteroatoms. The van der Waals surface area contributed by atoms with Crippen LogP contribution in [0, 0.1) is 0 Å². The van der Waals surface area contributed by atoms with Crippen molar-refractivity contribution in [2.24, 2.45) is 0 Å². The maximum Gasteiger partial charge on any atom is 0.328 e. The summed E-state index contributed by atoms with van der Waals surface area (Å²) >= 11 is 0. The third-order valence-corrected chi connectivity index (χ3v) is 5.25. The molecule has 0 saturated carbocycles. The van der Waals surface area contributed by atoms with Gasteiger partial charge < -0.3 is 19.3 Å². The molecule has 0 spiro atoms. The molecular formula is C27H44O5. The standard InChI is InChI=1S/C27H44O5/c1-4-7-10-13-18-30-23-21-25(31-19-14-11-8-5-2)24(16-17-27(28)29)26(22-23)32-20-15-12-9-6-3/h16-17,21-22H,4-15,18-20H2,1-3H3,(H,28,29). The normalized spacial score (nSPS) is 11.1. The summed E-state index contributed by atoms with van der Waals surface area (Å²) in [5.74, 6) is 0.951. The van der Waals surface area contributed by atoms with Gasteiger partial charge in [-0.05, 0) is 25.3 Å². The number of carboxylic acids is 1. The van der Waals surface area contributed by atoms with Crippen molar-refractivity contribution < 1.29 is 24.1 Å². The van der Waals surface area contributed by atoms with Gasteiger partial charge in [0, 0.05) is 18.2 Å². The highest BCUT2D eigenvalue weighted by Gasteiger charge is 2.14. The van der Waals surface area contributed by atoms with E-state index in [1.807, 2.05) is 12.1 Å². The van der Waals surface area contributed by atoms with Crippen molar-refractivity contribution in [1.82, 2.24) is 0 Å². The number of unbranched alkanes of at least 4 members (excludes halogenated alkanes) is 9. The summed E-state index contributed by atoms with van der Waals surface area (Å²) in [7, 11) is 0. The summed E-state index contributed by atoms with van der Waals surface area (Å²) in [4.78, 5) is 11.2. The summed E-state index contributed by atoms with van der Waals surface area (Å²) in [6.07, 6.45) is 16.1. The van der Waals surface area contributed by atoms with E-state index in [-0.39, 0.29) is 0 Å². The zero-order chi connectivity index (χ0) is 23.4. The highest BCUT2D eigenvalue weighted by molar-refractivity contribution is 5.87. The zero-order valence-electron chi connectivity index (χ0n) is 20.5. The molecule has 0 radical (unpaired) electrons. The number of rotatable bonds is 20.